The van der Waals surface area contributed by atoms with Crippen molar-refractivity contribution < 1.29 is 14.4 Å². The molecule has 5 nitrogen and oxygen atoms in total. The van der Waals surface area contributed by atoms with Crippen LogP contribution in [0.4, 0.5) is 5.69 Å². The molecule has 156 valence electrons. The minimum absolute atomic E-state index is 0.210. The van der Waals surface area contributed by atoms with Gasteiger partial charge in [0.1, 0.15) is 5.92 Å². The highest BCUT2D eigenvalue weighted by Crippen LogP contribution is 2.48. The fraction of sp³-hybridized carbons (Fsp3) is 0.167. The number of nitrogens with zero attached hydrogens (tertiary/aromatic N) is 2. The van der Waals surface area contributed by atoms with Gasteiger partial charge in [0, 0.05) is 10.0 Å². The molecule has 0 bridgehead atoms. The minimum atomic E-state index is -0.909. The Kier molecular flexibility index (Phi) is 5.18. The molecule has 2 fully saturated rings. The maximum Gasteiger partial charge on any atom is 0.262 e. The van der Waals surface area contributed by atoms with Gasteiger partial charge in [0.05, 0.1) is 18.3 Å². The SMILES string of the molecule is O=C1[C@H]2[C@@H](ON(c3ccccc3)[C@H]2c2ccc(Cl)cc2Cl)C(=O)N1Cc1ccccc1. The maximum atomic E-state index is 13.5. The van der Waals surface area contributed by atoms with Crippen LogP contribution in [0, 0.1) is 5.92 Å². The molecule has 0 spiro atoms. The largest absolute Gasteiger partial charge is 0.275 e. The molecular weight excluding hydrogens is 435 g/mol. The van der Waals surface area contributed by atoms with E-state index in [1.165, 1.54) is 4.90 Å². The summed E-state index contributed by atoms with van der Waals surface area (Å²) in [5.41, 5.74) is 2.30. The van der Waals surface area contributed by atoms with Crippen molar-refractivity contribution in [2.24, 2.45) is 5.92 Å². The van der Waals surface area contributed by atoms with Crippen LogP contribution in [0.15, 0.2) is 78.9 Å². The van der Waals surface area contributed by atoms with E-state index in [2.05, 4.69) is 0 Å². The molecule has 2 amide bonds. The Morgan fingerprint density at radius 1 is 0.839 bits per heavy atom. The Morgan fingerprint density at radius 2 is 1.52 bits per heavy atom. The van der Waals surface area contributed by atoms with Gasteiger partial charge in [-0.2, -0.15) is 0 Å². The minimum Gasteiger partial charge on any atom is -0.275 e. The molecule has 5 rings (SSSR count). The lowest BCUT2D eigenvalue weighted by Gasteiger charge is -2.29. The topological polar surface area (TPSA) is 49.9 Å². The van der Waals surface area contributed by atoms with Crippen molar-refractivity contribution >= 4 is 40.7 Å². The van der Waals surface area contributed by atoms with E-state index in [4.69, 9.17) is 28.0 Å². The van der Waals surface area contributed by atoms with Gasteiger partial charge >= 0.3 is 0 Å². The molecule has 2 aliphatic heterocycles. The first-order valence-corrected chi connectivity index (χ1v) is 10.7. The molecule has 0 saturated carbocycles. The smallest absolute Gasteiger partial charge is 0.262 e. The van der Waals surface area contributed by atoms with Gasteiger partial charge in [0.25, 0.3) is 5.91 Å². The van der Waals surface area contributed by atoms with Crippen molar-refractivity contribution in [3.8, 4) is 0 Å². The number of likely N-dealkylation sites (tertiary alicyclic amines) is 1. The van der Waals surface area contributed by atoms with Crippen LogP contribution in [0.25, 0.3) is 0 Å². The summed E-state index contributed by atoms with van der Waals surface area (Å²) in [5, 5.41) is 2.54. The second-order valence-corrected chi connectivity index (χ2v) is 8.42. The zero-order valence-electron chi connectivity index (χ0n) is 16.3. The summed E-state index contributed by atoms with van der Waals surface area (Å²) < 4.78 is 0. The van der Waals surface area contributed by atoms with E-state index in [0.717, 1.165) is 11.3 Å². The monoisotopic (exact) mass is 452 g/mol. The lowest BCUT2D eigenvalue weighted by atomic mass is 9.90. The lowest BCUT2D eigenvalue weighted by molar-refractivity contribution is -0.143. The average Bonchev–Trinajstić information content (AvgIpc) is 3.27. The second kappa shape index (κ2) is 8.00. The lowest BCUT2D eigenvalue weighted by Crippen LogP contribution is -2.37. The van der Waals surface area contributed by atoms with E-state index in [-0.39, 0.29) is 18.4 Å². The Bertz CT molecular complexity index is 1140. The third-order valence-electron chi connectivity index (χ3n) is 5.68. The molecule has 3 atom stereocenters. The summed E-state index contributed by atoms with van der Waals surface area (Å²) in [6.07, 6.45) is -0.909. The number of benzene rings is 3. The van der Waals surface area contributed by atoms with Crippen molar-refractivity contribution in [3.05, 3.63) is 100 Å². The summed E-state index contributed by atoms with van der Waals surface area (Å²) in [4.78, 5) is 34.0. The van der Waals surface area contributed by atoms with Gasteiger partial charge in [0.15, 0.2) is 6.10 Å². The number of halogens is 2. The van der Waals surface area contributed by atoms with Crippen LogP contribution in [0.3, 0.4) is 0 Å². The van der Waals surface area contributed by atoms with Crippen molar-refractivity contribution in [3.63, 3.8) is 0 Å². The van der Waals surface area contributed by atoms with E-state index in [1.54, 1.807) is 23.3 Å². The molecular formula is C24H18Cl2N2O3. The van der Waals surface area contributed by atoms with E-state index in [9.17, 15) is 9.59 Å². The van der Waals surface area contributed by atoms with Gasteiger partial charge in [-0.05, 0) is 35.4 Å². The number of hydrogen-bond donors (Lipinski definition) is 0. The predicted octanol–water partition coefficient (Wildman–Crippen LogP) is 5.04. The fourth-order valence-electron chi connectivity index (χ4n) is 4.25. The summed E-state index contributed by atoms with van der Waals surface area (Å²) in [5.74, 6) is -1.32. The number of para-hydroxylation sites is 1. The molecule has 0 N–H and O–H groups in total. The molecule has 31 heavy (non-hydrogen) atoms. The van der Waals surface area contributed by atoms with Gasteiger partial charge in [-0.15, -0.1) is 0 Å². The Balaban J connectivity index is 1.55. The van der Waals surface area contributed by atoms with Crippen LogP contribution in [0.2, 0.25) is 10.0 Å². The molecule has 2 heterocycles. The van der Waals surface area contributed by atoms with Crippen molar-refractivity contribution in [1.82, 2.24) is 4.90 Å². The van der Waals surface area contributed by atoms with Gasteiger partial charge in [0.2, 0.25) is 5.91 Å². The number of carbonyl (C=O) groups excluding carboxylic acids is 2. The molecule has 2 aliphatic rings. The molecule has 0 radical (unpaired) electrons. The van der Waals surface area contributed by atoms with E-state index >= 15 is 0 Å². The summed E-state index contributed by atoms with van der Waals surface area (Å²) >= 11 is 12.6. The fourth-order valence-corrected chi connectivity index (χ4v) is 4.77. The quantitative estimate of drug-likeness (QED) is 0.520. The van der Waals surface area contributed by atoms with Gasteiger partial charge < -0.3 is 0 Å². The number of fused-ring (bicyclic) bond motifs is 1. The first-order chi connectivity index (χ1) is 15.0. The molecule has 2 saturated heterocycles. The third kappa shape index (κ3) is 3.49. The van der Waals surface area contributed by atoms with Gasteiger partial charge in [-0.1, -0.05) is 77.8 Å². The summed E-state index contributed by atoms with van der Waals surface area (Å²) in [6.45, 7) is 0.210. The summed E-state index contributed by atoms with van der Waals surface area (Å²) in [7, 11) is 0. The zero-order valence-corrected chi connectivity index (χ0v) is 17.8. The number of hydroxylamine groups is 1. The first kappa shape index (κ1) is 20.1. The van der Waals surface area contributed by atoms with E-state index < -0.39 is 18.1 Å². The third-order valence-corrected chi connectivity index (χ3v) is 6.24. The standard InChI is InChI=1S/C24H18Cl2N2O3/c25-16-11-12-18(19(26)13-16)21-20-22(31-28(21)17-9-5-2-6-10-17)24(30)27(23(20)29)14-15-7-3-1-4-8-15/h1-13,20-22H,14H2/t20-,21+,22-/m1/s1. The number of amides is 2. The van der Waals surface area contributed by atoms with Gasteiger partial charge in [-0.3, -0.25) is 19.3 Å². The predicted molar refractivity (Wildman–Crippen MR) is 118 cm³/mol. The zero-order chi connectivity index (χ0) is 21.5. The molecule has 0 unspecified atom stereocenters. The van der Waals surface area contributed by atoms with Crippen molar-refractivity contribution in [2.75, 3.05) is 5.06 Å². The number of carbonyl (C=O) groups is 2. The van der Waals surface area contributed by atoms with Crippen molar-refractivity contribution in [2.45, 2.75) is 18.7 Å². The highest BCUT2D eigenvalue weighted by Gasteiger charge is 2.60. The maximum absolute atomic E-state index is 13.5. The number of hydrogen-bond acceptors (Lipinski definition) is 4. The first-order valence-electron chi connectivity index (χ1n) is 9.90. The molecule has 0 aliphatic carbocycles. The van der Waals surface area contributed by atoms with Crippen LogP contribution in [0.5, 0.6) is 0 Å². The van der Waals surface area contributed by atoms with Crippen LogP contribution in [-0.2, 0) is 21.0 Å². The number of imide groups is 1. The van der Waals surface area contributed by atoms with Crippen LogP contribution in [0.1, 0.15) is 17.2 Å². The normalized spacial score (nSPS) is 22.8. The second-order valence-electron chi connectivity index (χ2n) is 7.57. The molecule has 3 aromatic carbocycles. The number of rotatable bonds is 4. The summed E-state index contributed by atoms with van der Waals surface area (Å²) in [6, 6.07) is 23.4. The molecule has 7 heteroatoms. The Morgan fingerprint density at radius 3 is 2.19 bits per heavy atom. The van der Waals surface area contributed by atoms with Crippen LogP contribution < -0.4 is 5.06 Å². The molecule has 3 aromatic rings. The van der Waals surface area contributed by atoms with Crippen LogP contribution >= 0.6 is 23.2 Å². The number of anilines is 1. The Hall–Kier alpha value is -2.86. The van der Waals surface area contributed by atoms with Crippen LogP contribution in [-0.4, -0.2) is 22.8 Å². The van der Waals surface area contributed by atoms with Crippen molar-refractivity contribution in [1.29, 1.82) is 0 Å². The Labute approximate surface area is 189 Å². The van der Waals surface area contributed by atoms with Gasteiger partial charge in [-0.25, -0.2) is 5.06 Å². The van der Waals surface area contributed by atoms with E-state index in [0.29, 0.717) is 15.6 Å². The van der Waals surface area contributed by atoms with E-state index in [1.807, 2.05) is 60.7 Å². The average molecular weight is 453 g/mol. The highest BCUT2D eigenvalue weighted by molar-refractivity contribution is 6.35. The highest BCUT2D eigenvalue weighted by atomic mass is 35.5. The molecule has 0 aromatic heterocycles.